The summed E-state index contributed by atoms with van der Waals surface area (Å²) in [7, 11) is 1.53. The number of benzene rings is 2. The smallest absolute Gasteiger partial charge is 0.413 e. The summed E-state index contributed by atoms with van der Waals surface area (Å²) in [6.45, 7) is 0.485. The average molecular weight is 350 g/mol. The maximum Gasteiger partial charge on any atom is 0.413 e. The Balaban J connectivity index is 0.00000288. The van der Waals surface area contributed by atoms with Crippen molar-refractivity contribution in [2.45, 2.75) is 13.2 Å². The second kappa shape index (κ2) is 9.54. The van der Waals surface area contributed by atoms with Gasteiger partial charge in [0.1, 0.15) is 18.2 Å². The lowest BCUT2D eigenvalue weighted by Crippen LogP contribution is -2.31. The van der Waals surface area contributed by atoms with Gasteiger partial charge < -0.3 is 15.2 Å². The second-order valence-corrected chi connectivity index (χ2v) is 4.79. The van der Waals surface area contributed by atoms with Crippen LogP contribution < -0.4 is 15.8 Å². The standard InChI is InChI=1S/C17H19N3O3.ClH/c1-22-15-9-13(7-8-14(15)10-18)16(19)20-17(21)23-11-12-5-3-2-4-6-12;/h2-9H,10-11,18H2,1H3,(H2,19,20,21);1H. The Kier molecular flexibility index (Phi) is 7.74. The zero-order valence-corrected chi connectivity index (χ0v) is 14.1. The van der Waals surface area contributed by atoms with Crippen LogP contribution in [-0.2, 0) is 17.9 Å². The van der Waals surface area contributed by atoms with Crippen LogP contribution in [0.2, 0.25) is 0 Å². The molecule has 0 unspecified atom stereocenters. The third-order valence-electron chi connectivity index (χ3n) is 3.24. The van der Waals surface area contributed by atoms with Gasteiger partial charge in [0.25, 0.3) is 0 Å². The number of hydrogen-bond donors (Lipinski definition) is 3. The highest BCUT2D eigenvalue weighted by molar-refractivity contribution is 6.04. The van der Waals surface area contributed by atoms with Crippen LogP contribution in [0, 0.1) is 5.41 Å². The molecule has 0 radical (unpaired) electrons. The van der Waals surface area contributed by atoms with Crippen LogP contribution in [0.4, 0.5) is 4.79 Å². The molecule has 0 atom stereocenters. The van der Waals surface area contributed by atoms with Crippen molar-refractivity contribution in [2.24, 2.45) is 5.73 Å². The maximum absolute atomic E-state index is 11.8. The number of rotatable bonds is 5. The lowest BCUT2D eigenvalue weighted by Gasteiger charge is -2.11. The van der Waals surface area contributed by atoms with E-state index in [0.29, 0.717) is 17.9 Å². The fraction of sp³-hybridized carbons (Fsp3) is 0.176. The highest BCUT2D eigenvalue weighted by Gasteiger charge is 2.11. The fourth-order valence-corrected chi connectivity index (χ4v) is 2.00. The molecule has 2 aromatic rings. The maximum atomic E-state index is 11.8. The van der Waals surface area contributed by atoms with Crippen LogP contribution in [0.3, 0.4) is 0 Å². The minimum Gasteiger partial charge on any atom is -0.496 e. The number of carbonyl (C=O) groups is 1. The largest absolute Gasteiger partial charge is 0.496 e. The van der Waals surface area contributed by atoms with Crippen molar-refractivity contribution in [3.05, 3.63) is 65.2 Å². The van der Waals surface area contributed by atoms with E-state index in [1.807, 2.05) is 30.3 Å². The minimum absolute atomic E-state index is 0. The van der Waals surface area contributed by atoms with Crippen LogP contribution in [0.25, 0.3) is 0 Å². The van der Waals surface area contributed by atoms with Gasteiger partial charge in [0.2, 0.25) is 0 Å². The van der Waals surface area contributed by atoms with E-state index in [-0.39, 0.29) is 24.8 Å². The Bertz CT molecular complexity index is 693. The number of amides is 1. The summed E-state index contributed by atoms with van der Waals surface area (Å²) >= 11 is 0. The Morgan fingerprint density at radius 2 is 1.92 bits per heavy atom. The Morgan fingerprint density at radius 3 is 2.54 bits per heavy atom. The number of alkyl carbamates (subject to hydrolysis) is 1. The third kappa shape index (κ3) is 5.26. The molecule has 2 aromatic carbocycles. The van der Waals surface area contributed by atoms with Crippen LogP contribution in [0.5, 0.6) is 5.75 Å². The Hall–Kier alpha value is -2.57. The van der Waals surface area contributed by atoms with Crippen molar-refractivity contribution < 1.29 is 14.3 Å². The monoisotopic (exact) mass is 349 g/mol. The van der Waals surface area contributed by atoms with Gasteiger partial charge >= 0.3 is 6.09 Å². The molecule has 0 bridgehead atoms. The molecule has 0 spiro atoms. The van der Waals surface area contributed by atoms with E-state index in [1.165, 1.54) is 7.11 Å². The quantitative estimate of drug-likeness (QED) is 0.571. The number of amidine groups is 1. The predicted molar refractivity (Wildman–Crippen MR) is 94.7 cm³/mol. The van der Waals surface area contributed by atoms with Crippen molar-refractivity contribution in [3.8, 4) is 5.75 Å². The first kappa shape index (κ1) is 19.5. The summed E-state index contributed by atoms with van der Waals surface area (Å²) in [5.41, 5.74) is 7.82. The molecule has 24 heavy (non-hydrogen) atoms. The van der Waals surface area contributed by atoms with Crippen molar-refractivity contribution >= 4 is 24.3 Å². The number of halogens is 1. The molecule has 7 heteroatoms. The second-order valence-electron chi connectivity index (χ2n) is 4.79. The number of nitrogens with one attached hydrogen (secondary N) is 2. The number of ether oxygens (including phenoxy) is 2. The van der Waals surface area contributed by atoms with Gasteiger partial charge in [-0.3, -0.25) is 10.7 Å². The molecule has 128 valence electrons. The molecule has 0 fully saturated rings. The first-order chi connectivity index (χ1) is 11.1. The summed E-state index contributed by atoms with van der Waals surface area (Å²) in [5, 5.41) is 10.3. The Labute approximate surface area is 146 Å². The predicted octanol–water partition coefficient (Wildman–Crippen LogP) is 2.83. The van der Waals surface area contributed by atoms with E-state index >= 15 is 0 Å². The molecule has 0 aromatic heterocycles. The lowest BCUT2D eigenvalue weighted by molar-refractivity contribution is 0.145. The molecule has 0 aliphatic carbocycles. The van der Waals surface area contributed by atoms with Gasteiger partial charge in [-0.1, -0.05) is 42.5 Å². The first-order valence-electron chi connectivity index (χ1n) is 7.07. The summed E-state index contributed by atoms with van der Waals surface area (Å²) in [6, 6.07) is 14.4. The van der Waals surface area contributed by atoms with Crippen LogP contribution in [0.1, 0.15) is 16.7 Å². The molecule has 4 N–H and O–H groups in total. The van der Waals surface area contributed by atoms with Gasteiger partial charge in [-0.2, -0.15) is 0 Å². The van der Waals surface area contributed by atoms with E-state index in [9.17, 15) is 4.79 Å². The number of hydrogen-bond acceptors (Lipinski definition) is 5. The van der Waals surface area contributed by atoms with Gasteiger partial charge in [0, 0.05) is 17.7 Å². The molecule has 0 heterocycles. The number of nitrogens with two attached hydrogens (primary N) is 1. The minimum atomic E-state index is -0.680. The molecule has 0 saturated heterocycles. The van der Waals surface area contributed by atoms with Crippen LogP contribution >= 0.6 is 12.4 Å². The summed E-state index contributed by atoms with van der Waals surface area (Å²) < 4.78 is 10.3. The zero-order chi connectivity index (χ0) is 16.7. The highest BCUT2D eigenvalue weighted by Crippen LogP contribution is 2.19. The van der Waals surface area contributed by atoms with Gasteiger partial charge in [-0.05, 0) is 11.6 Å². The van der Waals surface area contributed by atoms with E-state index < -0.39 is 6.09 Å². The molecular weight excluding hydrogens is 330 g/mol. The number of carbonyl (C=O) groups excluding carboxylic acids is 1. The van der Waals surface area contributed by atoms with E-state index in [1.54, 1.807) is 18.2 Å². The van der Waals surface area contributed by atoms with Crippen molar-refractivity contribution in [1.29, 1.82) is 5.41 Å². The van der Waals surface area contributed by atoms with Gasteiger partial charge in [0.05, 0.1) is 7.11 Å². The normalized spacial score (nSPS) is 9.58. The fourth-order valence-electron chi connectivity index (χ4n) is 2.00. The molecule has 6 nitrogen and oxygen atoms in total. The molecular formula is C17H20ClN3O3. The topological polar surface area (TPSA) is 97.4 Å². The van der Waals surface area contributed by atoms with Crippen molar-refractivity contribution in [1.82, 2.24) is 5.32 Å². The zero-order valence-electron chi connectivity index (χ0n) is 13.2. The van der Waals surface area contributed by atoms with Gasteiger partial charge in [-0.25, -0.2) is 4.79 Å². The van der Waals surface area contributed by atoms with Gasteiger partial charge in [0.15, 0.2) is 0 Å². The molecule has 2 rings (SSSR count). The molecule has 0 aliphatic heterocycles. The third-order valence-corrected chi connectivity index (χ3v) is 3.24. The summed E-state index contributed by atoms with van der Waals surface area (Å²) in [6.07, 6.45) is -0.680. The first-order valence-corrected chi connectivity index (χ1v) is 7.07. The van der Waals surface area contributed by atoms with E-state index in [2.05, 4.69) is 5.32 Å². The van der Waals surface area contributed by atoms with Crippen molar-refractivity contribution in [2.75, 3.05) is 7.11 Å². The van der Waals surface area contributed by atoms with Gasteiger partial charge in [-0.15, -0.1) is 12.4 Å². The molecule has 0 aliphatic rings. The lowest BCUT2D eigenvalue weighted by atomic mass is 10.1. The number of methoxy groups -OCH3 is 1. The Morgan fingerprint density at radius 1 is 1.21 bits per heavy atom. The van der Waals surface area contributed by atoms with E-state index in [4.69, 9.17) is 20.6 Å². The molecule has 0 saturated carbocycles. The summed E-state index contributed by atoms with van der Waals surface area (Å²) in [5.74, 6) is 0.513. The molecule has 1 amide bonds. The summed E-state index contributed by atoms with van der Waals surface area (Å²) in [4.78, 5) is 11.8. The van der Waals surface area contributed by atoms with Crippen LogP contribution in [-0.4, -0.2) is 19.0 Å². The highest BCUT2D eigenvalue weighted by atomic mass is 35.5. The van der Waals surface area contributed by atoms with Crippen molar-refractivity contribution in [3.63, 3.8) is 0 Å². The van der Waals surface area contributed by atoms with Crippen LogP contribution in [0.15, 0.2) is 48.5 Å². The SMILES string of the molecule is COc1cc(C(=N)NC(=O)OCc2ccccc2)ccc1CN.Cl. The van der Waals surface area contributed by atoms with E-state index in [0.717, 1.165) is 11.1 Å². The average Bonchev–Trinajstić information content (AvgIpc) is 2.60.